The monoisotopic (exact) mass is 345 g/mol. The molecule has 0 aliphatic carbocycles. The van der Waals surface area contributed by atoms with E-state index in [0.717, 1.165) is 34.5 Å². The average molecular weight is 345 g/mol. The first-order valence-corrected chi connectivity index (χ1v) is 8.12. The van der Waals surface area contributed by atoms with Crippen LogP contribution < -0.4 is 5.32 Å². The van der Waals surface area contributed by atoms with E-state index in [1.165, 1.54) is 18.2 Å². The maximum Gasteiger partial charge on any atom is 0.331 e. The van der Waals surface area contributed by atoms with Crippen LogP contribution in [-0.4, -0.2) is 30.4 Å². The van der Waals surface area contributed by atoms with Crippen LogP contribution in [0.5, 0.6) is 0 Å². The molecule has 0 saturated carbocycles. The molecule has 1 amide bonds. The van der Waals surface area contributed by atoms with Crippen molar-refractivity contribution in [3.8, 4) is 0 Å². The summed E-state index contributed by atoms with van der Waals surface area (Å²) >= 11 is 1.05. The number of hydrogen-bond donors (Lipinski definition) is 1. The third-order valence-electron chi connectivity index (χ3n) is 3.86. The van der Waals surface area contributed by atoms with E-state index in [1.807, 2.05) is 13.8 Å². The topological polar surface area (TPSA) is 80.1 Å². The maximum absolute atomic E-state index is 11.7. The van der Waals surface area contributed by atoms with Crippen molar-refractivity contribution < 1.29 is 14.3 Å². The first-order chi connectivity index (χ1) is 11.3. The Hall–Kier alpha value is -2.41. The molecule has 1 saturated heterocycles. The van der Waals surface area contributed by atoms with Crippen LogP contribution in [0.25, 0.3) is 0 Å². The molecule has 126 valence electrons. The summed E-state index contributed by atoms with van der Waals surface area (Å²) in [5.74, 6) is -0.975. The summed E-state index contributed by atoms with van der Waals surface area (Å²) in [6.45, 7) is 8.20. The van der Waals surface area contributed by atoms with Gasteiger partial charge in [0, 0.05) is 11.6 Å². The number of carbonyl (C=O) groups is 2. The third kappa shape index (κ3) is 3.91. The summed E-state index contributed by atoms with van der Waals surface area (Å²) in [6.07, 6.45) is 2.82. The van der Waals surface area contributed by atoms with E-state index in [2.05, 4.69) is 40.2 Å². The number of carbonyl (C=O) groups excluding carboxylic acids is 2. The van der Waals surface area contributed by atoms with Gasteiger partial charge in [0.25, 0.3) is 5.91 Å². The number of amidine groups is 1. The predicted molar refractivity (Wildman–Crippen MR) is 96.3 cm³/mol. The van der Waals surface area contributed by atoms with E-state index in [1.54, 1.807) is 6.21 Å². The Labute approximate surface area is 145 Å². The third-order valence-corrected chi connectivity index (χ3v) is 4.76. The van der Waals surface area contributed by atoms with Gasteiger partial charge in [-0.3, -0.25) is 10.1 Å². The Morgan fingerprint density at radius 2 is 1.83 bits per heavy atom. The SMILES string of the molecule is COC(=O)/C=C1/S/C(=N\N=Cc2c(C)c(C)cc(C)c2C)NC1=O. The lowest BCUT2D eigenvalue weighted by Crippen LogP contribution is -2.19. The Morgan fingerprint density at radius 3 is 2.42 bits per heavy atom. The molecule has 1 N–H and O–H groups in total. The highest BCUT2D eigenvalue weighted by molar-refractivity contribution is 8.18. The van der Waals surface area contributed by atoms with Crippen molar-refractivity contribution >= 4 is 35.0 Å². The number of ether oxygens (including phenoxy) is 1. The minimum absolute atomic E-state index is 0.231. The number of rotatable bonds is 3. The molecular formula is C17H19N3O3S. The van der Waals surface area contributed by atoms with Gasteiger partial charge in [0.2, 0.25) is 0 Å². The van der Waals surface area contributed by atoms with Crippen molar-refractivity contribution in [1.82, 2.24) is 5.32 Å². The normalized spacial score (nSPS) is 17.8. The van der Waals surface area contributed by atoms with Crippen LogP contribution in [-0.2, 0) is 14.3 Å². The lowest BCUT2D eigenvalue weighted by Gasteiger charge is -2.11. The summed E-state index contributed by atoms with van der Waals surface area (Å²) in [6, 6.07) is 2.14. The Morgan fingerprint density at radius 1 is 1.21 bits per heavy atom. The molecule has 1 fully saturated rings. The number of benzene rings is 1. The Bertz CT molecular complexity index is 769. The molecule has 1 aliphatic heterocycles. The number of methoxy groups -OCH3 is 1. The largest absolute Gasteiger partial charge is 0.466 e. The molecule has 24 heavy (non-hydrogen) atoms. The first-order valence-electron chi connectivity index (χ1n) is 7.30. The van der Waals surface area contributed by atoms with Gasteiger partial charge >= 0.3 is 5.97 Å². The fourth-order valence-electron chi connectivity index (χ4n) is 2.22. The number of aryl methyl sites for hydroxylation is 2. The lowest BCUT2D eigenvalue weighted by atomic mass is 9.95. The smallest absolute Gasteiger partial charge is 0.331 e. The number of esters is 1. The lowest BCUT2D eigenvalue weighted by molar-refractivity contribution is -0.135. The highest BCUT2D eigenvalue weighted by atomic mass is 32.2. The predicted octanol–water partition coefficient (Wildman–Crippen LogP) is 2.53. The standard InChI is InChI=1S/C17H19N3O3S/c1-9-6-10(2)12(4)13(11(9)3)8-18-20-17-19-16(22)14(24-17)7-15(21)23-5/h6-8H,1-5H3,(H,19,20,22)/b14-7+,18-8?. The van der Waals surface area contributed by atoms with Crippen molar-refractivity contribution in [3.05, 3.63) is 44.9 Å². The second-order valence-corrected chi connectivity index (χ2v) is 6.44. The summed E-state index contributed by atoms with van der Waals surface area (Å²) in [5.41, 5.74) is 5.71. The minimum atomic E-state index is -0.584. The first kappa shape index (κ1) is 17.9. The van der Waals surface area contributed by atoms with Gasteiger partial charge in [0.05, 0.1) is 18.2 Å². The molecule has 2 rings (SSSR count). The molecule has 6 nitrogen and oxygen atoms in total. The van der Waals surface area contributed by atoms with Crippen molar-refractivity contribution in [2.24, 2.45) is 10.2 Å². The maximum atomic E-state index is 11.7. The highest BCUT2D eigenvalue weighted by Crippen LogP contribution is 2.24. The van der Waals surface area contributed by atoms with Gasteiger partial charge in [-0.1, -0.05) is 6.07 Å². The van der Waals surface area contributed by atoms with Gasteiger partial charge in [-0.25, -0.2) is 4.79 Å². The summed E-state index contributed by atoms with van der Waals surface area (Å²) < 4.78 is 4.51. The zero-order valence-electron chi connectivity index (χ0n) is 14.3. The van der Waals surface area contributed by atoms with Crippen LogP contribution in [0.15, 0.2) is 27.3 Å². The van der Waals surface area contributed by atoms with Crippen LogP contribution >= 0.6 is 11.8 Å². The summed E-state index contributed by atoms with van der Waals surface area (Å²) in [4.78, 5) is 23.2. The molecule has 1 aromatic rings. The van der Waals surface area contributed by atoms with E-state index in [9.17, 15) is 9.59 Å². The van der Waals surface area contributed by atoms with E-state index in [4.69, 9.17) is 0 Å². The molecule has 0 aromatic heterocycles. The Kier molecular flexibility index (Phi) is 5.56. The molecule has 1 aromatic carbocycles. The van der Waals surface area contributed by atoms with Gasteiger partial charge in [-0.15, -0.1) is 5.10 Å². The van der Waals surface area contributed by atoms with Crippen molar-refractivity contribution in [1.29, 1.82) is 0 Å². The molecule has 0 radical (unpaired) electrons. The number of nitrogens with zero attached hydrogens (tertiary/aromatic N) is 2. The molecule has 0 atom stereocenters. The van der Waals surface area contributed by atoms with Crippen LogP contribution in [0.3, 0.4) is 0 Å². The summed E-state index contributed by atoms with van der Waals surface area (Å²) in [7, 11) is 1.25. The number of hydrogen-bond acceptors (Lipinski definition) is 6. The molecular weight excluding hydrogens is 326 g/mol. The van der Waals surface area contributed by atoms with Crippen LogP contribution in [0.1, 0.15) is 27.8 Å². The van der Waals surface area contributed by atoms with Crippen molar-refractivity contribution in [2.45, 2.75) is 27.7 Å². The van der Waals surface area contributed by atoms with Gasteiger partial charge < -0.3 is 4.74 Å². The van der Waals surface area contributed by atoms with Crippen molar-refractivity contribution in [2.75, 3.05) is 7.11 Å². The quantitative estimate of drug-likeness (QED) is 0.395. The van der Waals surface area contributed by atoms with E-state index in [0.29, 0.717) is 5.17 Å². The fourth-order valence-corrected chi connectivity index (χ4v) is 2.96. The van der Waals surface area contributed by atoms with Gasteiger partial charge in [-0.2, -0.15) is 5.10 Å². The molecule has 1 aliphatic rings. The second-order valence-electron chi connectivity index (χ2n) is 5.41. The minimum Gasteiger partial charge on any atom is -0.466 e. The Balaban J connectivity index is 2.21. The van der Waals surface area contributed by atoms with Gasteiger partial charge in [-0.05, 0) is 61.7 Å². The molecule has 1 heterocycles. The van der Waals surface area contributed by atoms with Gasteiger partial charge in [0.15, 0.2) is 5.17 Å². The van der Waals surface area contributed by atoms with Crippen molar-refractivity contribution in [3.63, 3.8) is 0 Å². The number of thioether (sulfide) groups is 1. The van der Waals surface area contributed by atoms with Gasteiger partial charge in [0.1, 0.15) is 0 Å². The molecule has 0 unspecified atom stereocenters. The zero-order chi connectivity index (χ0) is 17.9. The molecule has 0 bridgehead atoms. The highest BCUT2D eigenvalue weighted by Gasteiger charge is 2.25. The number of amides is 1. The fraction of sp³-hybridized carbons (Fsp3) is 0.294. The summed E-state index contributed by atoms with van der Waals surface area (Å²) in [5, 5.41) is 11.0. The number of nitrogens with one attached hydrogen (secondary N) is 1. The average Bonchev–Trinajstić information content (AvgIpc) is 2.88. The van der Waals surface area contributed by atoms with E-state index >= 15 is 0 Å². The van der Waals surface area contributed by atoms with Crippen LogP contribution in [0, 0.1) is 27.7 Å². The van der Waals surface area contributed by atoms with Crippen LogP contribution in [0.4, 0.5) is 0 Å². The van der Waals surface area contributed by atoms with Crippen LogP contribution in [0.2, 0.25) is 0 Å². The van der Waals surface area contributed by atoms with E-state index < -0.39 is 11.9 Å². The second kappa shape index (κ2) is 7.44. The van der Waals surface area contributed by atoms with E-state index in [-0.39, 0.29) is 4.91 Å². The molecule has 0 spiro atoms. The molecule has 7 heteroatoms. The zero-order valence-corrected chi connectivity index (χ0v) is 15.1.